The number of carbonyl (C=O) groups excluding carboxylic acids is 4. The number of hydrogen-bond acceptors (Lipinski definition) is 12. The Balaban J connectivity index is 0.000000202. The highest BCUT2D eigenvalue weighted by atomic mass is 16.6. The van der Waals surface area contributed by atoms with Gasteiger partial charge in [-0.3, -0.25) is 9.59 Å². The van der Waals surface area contributed by atoms with Crippen LogP contribution in [0.4, 0.5) is 9.59 Å². The third-order valence-electron chi connectivity index (χ3n) is 18.2. The Labute approximate surface area is 533 Å². The van der Waals surface area contributed by atoms with Crippen LogP contribution in [0.3, 0.4) is 0 Å². The summed E-state index contributed by atoms with van der Waals surface area (Å²) in [6.45, 7) is 5.25. The van der Waals surface area contributed by atoms with Crippen molar-refractivity contribution in [3.05, 3.63) is 216 Å². The van der Waals surface area contributed by atoms with Gasteiger partial charge >= 0.3 is 24.1 Å². The van der Waals surface area contributed by atoms with Crippen LogP contribution in [-0.2, 0) is 54.6 Å². The third-order valence-corrected chi connectivity index (χ3v) is 18.2. The van der Waals surface area contributed by atoms with Crippen molar-refractivity contribution in [3.63, 3.8) is 0 Å². The van der Waals surface area contributed by atoms with Gasteiger partial charge in [-0.2, -0.15) is 0 Å². The van der Waals surface area contributed by atoms with Crippen molar-refractivity contribution in [1.82, 2.24) is 35.5 Å². The Morgan fingerprint density at radius 1 is 0.473 bits per heavy atom. The number of hydrogen-bond donors (Lipinski definition) is 3. The minimum absolute atomic E-state index is 0.0672. The van der Waals surface area contributed by atoms with Crippen LogP contribution in [0.2, 0.25) is 0 Å². The fourth-order valence-electron chi connectivity index (χ4n) is 12.4. The van der Waals surface area contributed by atoms with Crippen LogP contribution < -0.4 is 10.6 Å². The molecule has 3 heterocycles. The average Bonchev–Trinajstić information content (AvgIpc) is 2.41. The molecule has 2 saturated carbocycles. The van der Waals surface area contributed by atoms with E-state index in [0.29, 0.717) is 23.5 Å². The zero-order chi connectivity index (χ0) is 63.5. The topological polar surface area (TPSA) is 212 Å². The molecule has 3 amide bonds. The molecule has 0 radical (unpaired) electrons. The van der Waals surface area contributed by atoms with Gasteiger partial charge in [0.2, 0.25) is 5.91 Å². The van der Waals surface area contributed by atoms with E-state index in [1.807, 2.05) is 134 Å². The molecule has 3 aliphatic rings. The summed E-state index contributed by atoms with van der Waals surface area (Å²) in [4.78, 5) is 82.1. The van der Waals surface area contributed by atoms with Crippen molar-refractivity contribution in [2.45, 2.75) is 128 Å². The molecule has 1 saturated heterocycles. The normalized spacial score (nSPS) is 17.8. The Morgan fingerprint density at radius 2 is 0.846 bits per heavy atom. The lowest BCUT2D eigenvalue weighted by atomic mass is 9.78. The summed E-state index contributed by atoms with van der Waals surface area (Å²) >= 11 is 0. The number of aromatic nitrogens is 4. The fourth-order valence-corrected chi connectivity index (χ4v) is 12.4. The number of rotatable bonds is 21. The number of benzene rings is 6. The monoisotopic (exact) mass is 1220 g/mol. The van der Waals surface area contributed by atoms with Crippen LogP contribution >= 0.6 is 0 Å². The number of aliphatic carboxylic acids is 1. The average molecular weight is 1220 g/mol. The number of amides is 3. The molecule has 16 nitrogen and oxygen atoms in total. The molecule has 11 rings (SSSR count). The van der Waals surface area contributed by atoms with Crippen LogP contribution in [0, 0.1) is 17.8 Å². The molecule has 2 aliphatic carbocycles. The van der Waals surface area contributed by atoms with Gasteiger partial charge in [0.25, 0.3) is 0 Å². The van der Waals surface area contributed by atoms with Gasteiger partial charge in [-0.25, -0.2) is 34.3 Å². The summed E-state index contributed by atoms with van der Waals surface area (Å²) in [6.07, 6.45) is 19.3. The zero-order valence-corrected chi connectivity index (χ0v) is 52.1. The number of alkyl carbamates (subject to hydrolysis) is 2. The standard InChI is InChI=1S/C40H44N4O5.C35H37N3O4/c1-3-27-9-13-30(14-10-27)31-17-19-32(20-18-31)34-22-41-37(42-23-34)33-15-11-28(12-16-33)21-36(38(45)44-24-35(25-44)39(46)48-2)43-40(47)49-26-29-7-5-4-6-8-29;1-2-24-8-12-27(13-9-24)28-16-18-29(19-17-28)31-21-36-33(37-22-31)30-14-10-25(11-15-30)20-32(34(39)40)38-35(41)42-23-26-6-4-3-5-7-26/h4-8,11-12,15-20,22-23,27,30,35-36H,3,9-10,13-14,21,24-26H2,1-2H3,(H,43,47);3-7,10-11,14-19,21-22,24,27,32H,2,8-9,12-13,20,23H2,1H3,(H,38,41)(H,39,40)/t27?,30?,36-;24?,27?,32-/m00/s1. The highest BCUT2D eigenvalue weighted by molar-refractivity contribution is 5.88. The molecule has 8 aromatic rings. The second-order valence-electron chi connectivity index (χ2n) is 24.2. The Hall–Kier alpha value is -9.57. The number of carboxylic acids is 1. The van der Waals surface area contributed by atoms with Gasteiger partial charge in [0, 0.05) is 73.0 Å². The van der Waals surface area contributed by atoms with Crippen LogP contribution in [-0.4, -0.2) is 92.3 Å². The zero-order valence-electron chi connectivity index (χ0n) is 52.1. The largest absolute Gasteiger partial charge is 0.480 e. The van der Waals surface area contributed by atoms with E-state index in [2.05, 4.69) is 92.9 Å². The highest BCUT2D eigenvalue weighted by Crippen LogP contribution is 2.39. The van der Waals surface area contributed by atoms with E-state index < -0.39 is 30.2 Å². The molecule has 3 fully saturated rings. The number of nitrogens with zero attached hydrogens (tertiary/aromatic N) is 5. The maximum absolute atomic E-state index is 13.4. The minimum Gasteiger partial charge on any atom is -0.480 e. The van der Waals surface area contributed by atoms with Crippen LogP contribution in [0.1, 0.15) is 123 Å². The van der Waals surface area contributed by atoms with Crippen molar-refractivity contribution in [2.75, 3.05) is 20.2 Å². The molecular formula is C75H81N7O9. The second kappa shape index (κ2) is 31.7. The number of likely N-dealkylation sites (tertiary alicyclic amines) is 1. The predicted octanol–water partition coefficient (Wildman–Crippen LogP) is 14.4. The van der Waals surface area contributed by atoms with Crippen molar-refractivity contribution in [1.29, 1.82) is 0 Å². The number of esters is 1. The Bertz CT molecular complexity index is 3630. The molecular weight excluding hydrogens is 1140 g/mol. The van der Waals surface area contributed by atoms with E-state index in [1.54, 1.807) is 4.90 Å². The van der Waals surface area contributed by atoms with Gasteiger partial charge in [-0.1, -0.05) is 184 Å². The van der Waals surface area contributed by atoms with Crippen molar-refractivity contribution in [2.24, 2.45) is 17.8 Å². The summed E-state index contributed by atoms with van der Waals surface area (Å²) < 4.78 is 15.4. The van der Waals surface area contributed by atoms with Crippen LogP contribution in [0.25, 0.3) is 45.0 Å². The summed E-state index contributed by atoms with van der Waals surface area (Å²) in [5.41, 5.74) is 11.9. The van der Waals surface area contributed by atoms with Crippen LogP contribution in [0.5, 0.6) is 0 Å². The minimum atomic E-state index is -1.13. The number of carbonyl (C=O) groups is 5. The first-order valence-electron chi connectivity index (χ1n) is 32.0. The molecule has 1 aliphatic heterocycles. The first-order valence-corrected chi connectivity index (χ1v) is 32.0. The lowest BCUT2D eigenvalue weighted by molar-refractivity contribution is -0.156. The summed E-state index contributed by atoms with van der Waals surface area (Å²) in [6, 6.07) is 49.3. The van der Waals surface area contributed by atoms with E-state index in [-0.39, 0.29) is 56.9 Å². The first-order chi connectivity index (χ1) is 44.4. The highest BCUT2D eigenvalue weighted by Gasteiger charge is 2.39. The molecule has 16 heteroatoms. The van der Waals surface area contributed by atoms with Gasteiger partial charge in [0.15, 0.2) is 11.6 Å². The molecule has 0 unspecified atom stereocenters. The van der Waals surface area contributed by atoms with E-state index in [1.165, 1.54) is 82.4 Å². The van der Waals surface area contributed by atoms with E-state index in [9.17, 15) is 29.1 Å². The number of carboxylic acid groups (broad SMARTS) is 1. The molecule has 3 N–H and O–H groups in total. The molecule has 2 atom stereocenters. The molecule has 6 aromatic carbocycles. The van der Waals surface area contributed by atoms with Gasteiger partial charge in [-0.15, -0.1) is 0 Å². The Morgan fingerprint density at radius 3 is 1.22 bits per heavy atom. The summed E-state index contributed by atoms with van der Waals surface area (Å²) in [7, 11) is 1.33. The van der Waals surface area contributed by atoms with Gasteiger partial charge in [-0.05, 0) is 120 Å². The van der Waals surface area contributed by atoms with E-state index in [0.717, 1.165) is 67.5 Å². The molecule has 0 bridgehead atoms. The van der Waals surface area contributed by atoms with E-state index >= 15 is 0 Å². The predicted molar refractivity (Wildman–Crippen MR) is 350 cm³/mol. The smallest absolute Gasteiger partial charge is 0.408 e. The number of methoxy groups -OCH3 is 1. The summed E-state index contributed by atoms with van der Waals surface area (Å²) in [5.74, 6) is 2.18. The maximum atomic E-state index is 13.4. The molecule has 2 aromatic heterocycles. The summed E-state index contributed by atoms with van der Waals surface area (Å²) in [5, 5.41) is 14.8. The Kier molecular flexibility index (Phi) is 22.5. The quantitative estimate of drug-likeness (QED) is 0.0452. The van der Waals surface area contributed by atoms with Crippen molar-refractivity contribution in [3.8, 4) is 45.0 Å². The molecule has 470 valence electrons. The lowest BCUT2D eigenvalue weighted by Crippen LogP contribution is -2.59. The lowest BCUT2D eigenvalue weighted by Gasteiger charge is -2.39. The van der Waals surface area contributed by atoms with Gasteiger partial charge in [0.05, 0.1) is 13.0 Å². The van der Waals surface area contributed by atoms with Gasteiger partial charge < -0.3 is 34.9 Å². The first kappa shape index (κ1) is 64.4. The van der Waals surface area contributed by atoms with Crippen molar-refractivity contribution >= 4 is 30.0 Å². The van der Waals surface area contributed by atoms with Crippen LogP contribution in [0.15, 0.2) is 183 Å². The SMILES string of the molecule is CCC1CCC(c2ccc(-c3cnc(-c4ccc(C[C@H](NC(=O)OCc5ccccc5)C(=O)N5CC(C(=O)OC)C5)cc4)nc3)cc2)CC1.CCC1CCC(c2ccc(-c3cnc(-c4ccc(C[C@H](NC(=O)OCc5ccccc5)C(=O)O)cc4)nc3)cc2)CC1. The second-order valence-corrected chi connectivity index (χ2v) is 24.2. The molecule has 0 spiro atoms. The number of ether oxygens (including phenoxy) is 3. The maximum Gasteiger partial charge on any atom is 0.408 e. The van der Waals surface area contributed by atoms with Crippen molar-refractivity contribution < 1.29 is 43.3 Å². The van der Waals surface area contributed by atoms with E-state index in [4.69, 9.17) is 14.2 Å². The molecule has 91 heavy (non-hydrogen) atoms. The third kappa shape index (κ3) is 17.9. The number of nitrogens with one attached hydrogen (secondary N) is 2. The van der Waals surface area contributed by atoms with Gasteiger partial charge in [0.1, 0.15) is 25.3 Å². The fraction of sp³-hybridized carbons (Fsp3) is 0.347.